The molecule has 0 fully saturated rings. The van der Waals surface area contributed by atoms with Crippen molar-refractivity contribution in [1.82, 2.24) is 0 Å². The number of aryl methyl sites for hydroxylation is 1. The Balaban J connectivity index is 2.30. The molecule has 15 heavy (non-hydrogen) atoms. The van der Waals surface area contributed by atoms with Crippen LogP contribution in [-0.4, -0.2) is 17.0 Å². The number of carboxylic acids is 1. The number of carbonyl (C=O) groups is 2. The monoisotopic (exact) mass is 205 g/mol. The van der Waals surface area contributed by atoms with Crippen LogP contribution in [0.3, 0.4) is 0 Å². The molecule has 1 aromatic rings. The fraction of sp³-hybridized carbons (Fsp3) is 0.273. The van der Waals surface area contributed by atoms with Gasteiger partial charge in [-0.2, -0.15) is 0 Å². The van der Waals surface area contributed by atoms with Crippen molar-refractivity contribution in [3.8, 4) is 0 Å². The Morgan fingerprint density at radius 1 is 1.40 bits per heavy atom. The average molecular weight is 205 g/mol. The van der Waals surface area contributed by atoms with Crippen molar-refractivity contribution in [2.24, 2.45) is 5.92 Å². The number of carboxylic acid groups (broad SMARTS) is 1. The fourth-order valence-electron chi connectivity index (χ4n) is 1.75. The number of nitrogens with one attached hydrogen (secondary N) is 1. The van der Waals surface area contributed by atoms with Gasteiger partial charge in [0.2, 0.25) is 5.91 Å². The number of benzene rings is 1. The van der Waals surface area contributed by atoms with Gasteiger partial charge in [-0.1, -0.05) is 18.2 Å². The minimum absolute atomic E-state index is 0.359. The SMILES string of the molecule is O=C(O)C1CCc2ccccc2NC1=O. The van der Waals surface area contributed by atoms with Crippen LogP contribution in [0.5, 0.6) is 0 Å². The van der Waals surface area contributed by atoms with Gasteiger partial charge in [0, 0.05) is 5.69 Å². The molecule has 4 heteroatoms. The summed E-state index contributed by atoms with van der Waals surface area (Å²) in [5.74, 6) is -2.41. The molecule has 1 amide bonds. The average Bonchev–Trinajstić information content (AvgIpc) is 2.35. The van der Waals surface area contributed by atoms with Crippen LogP contribution in [0.1, 0.15) is 12.0 Å². The van der Waals surface area contributed by atoms with Crippen molar-refractivity contribution in [2.75, 3.05) is 5.32 Å². The van der Waals surface area contributed by atoms with Gasteiger partial charge in [0.25, 0.3) is 0 Å². The van der Waals surface area contributed by atoms with E-state index < -0.39 is 17.8 Å². The van der Waals surface area contributed by atoms with Crippen molar-refractivity contribution >= 4 is 17.6 Å². The molecular formula is C11H11NO3. The first-order valence-corrected chi connectivity index (χ1v) is 4.80. The van der Waals surface area contributed by atoms with Gasteiger partial charge in [-0.15, -0.1) is 0 Å². The highest BCUT2D eigenvalue weighted by Crippen LogP contribution is 2.24. The largest absolute Gasteiger partial charge is 0.481 e. The molecular weight excluding hydrogens is 194 g/mol. The molecule has 1 unspecified atom stereocenters. The number of aliphatic carboxylic acids is 1. The molecule has 0 saturated carbocycles. The van der Waals surface area contributed by atoms with Crippen LogP contribution in [0, 0.1) is 5.92 Å². The van der Waals surface area contributed by atoms with Crippen LogP contribution in [-0.2, 0) is 16.0 Å². The molecule has 0 radical (unpaired) electrons. The Kier molecular flexibility index (Phi) is 2.41. The van der Waals surface area contributed by atoms with E-state index >= 15 is 0 Å². The fourth-order valence-corrected chi connectivity index (χ4v) is 1.75. The number of fused-ring (bicyclic) bond motifs is 1. The molecule has 0 spiro atoms. The topological polar surface area (TPSA) is 66.4 Å². The van der Waals surface area contributed by atoms with Crippen molar-refractivity contribution in [3.05, 3.63) is 29.8 Å². The molecule has 1 heterocycles. The minimum Gasteiger partial charge on any atom is -0.481 e. The summed E-state index contributed by atoms with van der Waals surface area (Å²) in [6, 6.07) is 7.39. The number of hydrogen-bond donors (Lipinski definition) is 2. The highest BCUT2D eigenvalue weighted by atomic mass is 16.4. The van der Waals surface area contributed by atoms with E-state index in [0.29, 0.717) is 12.8 Å². The number of carbonyl (C=O) groups excluding carboxylic acids is 1. The normalized spacial score (nSPS) is 20.0. The molecule has 0 aromatic heterocycles. The molecule has 1 aromatic carbocycles. The van der Waals surface area contributed by atoms with Crippen LogP contribution in [0.2, 0.25) is 0 Å². The summed E-state index contributed by atoms with van der Waals surface area (Å²) >= 11 is 0. The third-order valence-corrected chi connectivity index (χ3v) is 2.59. The second-order valence-corrected chi connectivity index (χ2v) is 3.58. The Hall–Kier alpha value is -1.84. The van der Waals surface area contributed by atoms with Gasteiger partial charge in [0.15, 0.2) is 0 Å². The lowest BCUT2D eigenvalue weighted by Crippen LogP contribution is -2.28. The van der Waals surface area contributed by atoms with Gasteiger partial charge in [0.1, 0.15) is 5.92 Å². The summed E-state index contributed by atoms with van der Waals surface area (Å²) in [5, 5.41) is 11.5. The van der Waals surface area contributed by atoms with Crippen LogP contribution in [0.15, 0.2) is 24.3 Å². The van der Waals surface area contributed by atoms with Gasteiger partial charge >= 0.3 is 5.97 Å². The Labute approximate surface area is 86.9 Å². The second kappa shape index (κ2) is 3.73. The lowest BCUT2D eigenvalue weighted by molar-refractivity contribution is -0.145. The summed E-state index contributed by atoms with van der Waals surface area (Å²) in [7, 11) is 0. The van der Waals surface area contributed by atoms with Gasteiger partial charge in [-0.3, -0.25) is 9.59 Å². The van der Waals surface area contributed by atoms with E-state index in [0.717, 1.165) is 11.3 Å². The number of rotatable bonds is 1. The molecule has 1 aliphatic heterocycles. The molecule has 2 N–H and O–H groups in total. The molecule has 78 valence electrons. The first-order valence-electron chi connectivity index (χ1n) is 4.80. The van der Waals surface area contributed by atoms with E-state index in [-0.39, 0.29) is 0 Å². The Bertz CT molecular complexity index is 414. The van der Waals surface area contributed by atoms with Crippen molar-refractivity contribution in [2.45, 2.75) is 12.8 Å². The standard InChI is InChI=1S/C11H11NO3/c13-10-8(11(14)15)6-5-7-3-1-2-4-9(7)12-10/h1-4,8H,5-6H2,(H,12,13)(H,14,15). The first-order chi connectivity index (χ1) is 7.18. The van der Waals surface area contributed by atoms with E-state index in [1.54, 1.807) is 6.07 Å². The summed E-state index contributed by atoms with van der Waals surface area (Å²) in [5.41, 5.74) is 1.72. The zero-order valence-electron chi connectivity index (χ0n) is 8.06. The van der Waals surface area contributed by atoms with E-state index in [2.05, 4.69) is 5.32 Å². The third kappa shape index (κ3) is 1.83. The number of amides is 1. The summed E-state index contributed by atoms with van der Waals surface area (Å²) in [4.78, 5) is 22.3. The zero-order chi connectivity index (χ0) is 10.8. The van der Waals surface area contributed by atoms with Gasteiger partial charge in [-0.05, 0) is 24.5 Å². The maximum Gasteiger partial charge on any atom is 0.316 e. The molecule has 1 aliphatic rings. The third-order valence-electron chi connectivity index (χ3n) is 2.59. The zero-order valence-corrected chi connectivity index (χ0v) is 8.06. The van der Waals surface area contributed by atoms with Crippen molar-refractivity contribution < 1.29 is 14.7 Å². The summed E-state index contributed by atoms with van der Waals surface area (Å²) in [6.07, 6.45) is 0.976. The van der Waals surface area contributed by atoms with Crippen LogP contribution in [0.4, 0.5) is 5.69 Å². The Morgan fingerprint density at radius 2 is 2.13 bits per heavy atom. The highest BCUT2D eigenvalue weighted by Gasteiger charge is 2.29. The van der Waals surface area contributed by atoms with E-state index in [4.69, 9.17) is 5.11 Å². The minimum atomic E-state index is -1.06. The maximum absolute atomic E-state index is 11.5. The molecule has 4 nitrogen and oxygen atoms in total. The molecule has 0 aliphatic carbocycles. The second-order valence-electron chi connectivity index (χ2n) is 3.58. The summed E-state index contributed by atoms with van der Waals surface area (Å²) in [6.45, 7) is 0. The highest BCUT2D eigenvalue weighted by molar-refractivity contribution is 6.05. The number of anilines is 1. The van der Waals surface area contributed by atoms with E-state index in [1.165, 1.54) is 0 Å². The molecule has 2 rings (SSSR count). The number of para-hydroxylation sites is 1. The van der Waals surface area contributed by atoms with Crippen molar-refractivity contribution in [3.63, 3.8) is 0 Å². The smallest absolute Gasteiger partial charge is 0.316 e. The van der Waals surface area contributed by atoms with Gasteiger partial charge in [-0.25, -0.2) is 0 Å². The van der Waals surface area contributed by atoms with Crippen molar-refractivity contribution in [1.29, 1.82) is 0 Å². The van der Waals surface area contributed by atoms with Crippen LogP contribution >= 0.6 is 0 Å². The van der Waals surface area contributed by atoms with E-state index in [1.807, 2.05) is 18.2 Å². The van der Waals surface area contributed by atoms with Gasteiger partial charge < -0.3 is 10.4 Å². The first kappa shape index (κ1) is 9.71. The van der Waals surface area contributed by atoms with Crippen LogP contribution < -0.4 is 5.32 Å². The van der Waals surface area contributed by atoms with Gasteiger partial charge in [0.05, 0.1) is 0 Å². The van der Waals surface area contributed by atoms with E-state index in [9.17, 15) is 9.59 Å². The number of hydrogen-bond acceptors (Lipinski definition) is 2. The quantitative estimate of drug-likeness (QED) is 0.678. The van der Waals surface area contributed by atoms with Crippen LogP contribution in [0.25, 0.3) is 0 Å². The molecule has 0 saturated heterocycles. The predicted molar refractivity (Wildman–Crippen MR) is 54.5 cm³/mol. The lowest BCUT2D eigenvalue weighted by atomic mass is 10.0. The maximum atomic E-state index is 11.5. The predicted octanol–water partition coefficient (Wildman–Crippen LogP) is 1.27. The Morgan fingerprint density at radius 3 is 2.87 bits per heavy atom. The molecule has 0 bridgehead atoms. The summed E-state index contributed by atoms with van der Waals surface area (Å²) < 4.78 is 0. The lowest BCUT2D eigenvalue weighted by Gasteiger charge is -2.07. The molecule has 1 atom stereocenters.